The number of methoxy groups -OCH3 is 1. The van der Waals surface area contributed by atoms with Crippen LogP contribution in [0.4, 0.5) is 17.1 Å². The number of aromatic nitrogens is 2. The summed E-state index contributed by atoms with van der Waals surface area (Å²) in [6.07, 6.45) is 2.28. The van der Waals surface area contributed by atoms with Crippen LogP contribution in [0.5, 0.6) is 23.0 Å². The third kappa shape index (κ3) is 8.05. The fraction of sp³-hybridized carbons (Fsp3) is 0.323. The number of aromatic amines is 2. The normalized spacial score (nSPS) is 10.8. The summed E-state index contributed by atoms with van der Waals surface area (Å²) in [4.78, 5) is 45.0. The molecule has 4 rings (SSSR count). The Hall–Kier alpha value is -4.62. The van der Waals surface area contributed by atoms with Crippen LogP contribution in [0, 0.1) is 0 Å². The minimum Gasteiger partial charge on any atom is -0.493 e. The van der Waals surface area contributed by atoms with Gasteiger partial charge in [0.05, 0.1) is 46.2 Å². The third-order valence-electron chi connectivity index (χ3n) is 6.40. The molecule has 0 unspecified atom stereocenters. The maximum Gasteiger partial charge on any atom is 0.314 e. The highest BCUT2D eigenvalue weighted by Crippen LogP contribution is 2.43. The molecule has 44 heavy (non-hydrogen) atoms. The molecule has 0 aliphatic carbocycles. The lowest BCUT2D eigenvalue weighted by molar-refractivity contribution is -0.107. The molecular weight excluding hydrogens is 586 g/mol. The van der Waals surface area contributed by atoms with Gasteiger partial charge in [-0.3, -0.25) is 14.4 Å². The van der Waals surface area contributed by atoms with Gasteiger partial charge >= 0.3 is 11.1 Å². The Labute approximate surface area is 259 Å². The highest BCUT2D eigenvalue weighted by Gasteiger charge is 2.18. The van der Waals surface area contributed by atoms with Gasteiger partial charge in [0, 0.05) is 65.5 Å². The van der Waals surface area contributed by atoms with Gasteiger partial charge in [-0.15, -0.1) is 0 Å². The van der Waals surface area contributed by atoms with Crippen molar-refractivity contribution in [1.82, 2.24) is 9.97 Å². The Kier molecular flexibility index (Phi) is 11.2. The SMILES string of the molecule is CCCOc1cc(OCCCOC)cc(Oc2cc(N(C)C=O)c(N(C)C)cc2NSc2cccc3[nH]c(=O)c(=O)[nH]c23)c1. The minimum absolute atomic E-state index is 0.423. The van der Waals surface area contributed by atoms with Crippen molar-refractivity contribution >= 4 is 46.5 Å². The number of amides is 1. The molecule has 3 N–H and O–H groups in total. The first-order chi connectivity index (χ1) is 21.2. The second kappa shape index (κ2) is 15.2. The predicted molar refractivity (Wildman–Crippen MR) is 174 cm³/mol. The van der Waals surface area contributed by atoms with E-state index in [9.17, 15) is 14.4 Å². The van der Waals surface area contributed by atoms with Crippen molar-refractivity contribution in [3.63, 3.8) is 0 Å². The molecule has 234 valence electrons. The smallest absolute Gasteiger partial charge is 0.314 e. The van der Waals surface area contributed by atoms with E-state index in [1.54, 1.807) is 44.5 Å². The van der Waals surface area contributed by atoms with Gasteiger partial charge in [0.1, 0.15) is 17.2 Å². The van der Waals surface area contributed by atoms with Crippen molar-refractivity contribution in [1.29, 1.82) is 0 Å². The molecule has 0 fully saturated rings. The van der Waals surface area contributed by atoms with Gasteiger partial charge in [-0.05, 0) is 36.6 Å². The fourth-order valence-electron chi connectivity index (χ4n) is 4.24. The molecule has 0 saturated carbocycles. The van der Waals surface area contributed by atoms with Gasteiger partial charge in [0.25, 0.3) is 0 Å². The van der Waals surface area contributed by atoms with Crippen LogP contribution in [0.25, 0.3) is 11.0 Å². The summed E-state index contributed by atoms with van der Waals surface area (Å²) in [5, 5.41) is 0. The number of anilines is 3. The molecule has 12 nitrogen and oxygen atoms in total. The van der Waals surface area contributed by atoms with Crippen molar-refractivity contribution in [2.24, 2.45) is 0 Å². The highest BCUT2D eigenvalue weighted by atomic mass is 32.2. The Bertz CT molecular complexity index is 1710. The van der Waals surface area contributed by atoms with Gasteiger partial charge in [0.15, 0.2) is 5.75 Å². The first-order valence-corrected chi connectivity index (χ1v) is 14.8. The average molecular weight is 624 g/mol. The zero-order valence-corrected chi connectivity index (χ0v) is 26.2. The van der Waals surface area contributed by atoms with E-state index in [1.807, 2.05) is 44.1 Å². The number of hydrogen-bond donors (Lipinski definition) is 3. The number of fused-ring (bicyclic) bond motifs is 1. The quantitative estimate of drug-likeness (QED) is 0.0677. The average Bonchev–Trinajstić information content (AvgIpc) is 3.01. The number of carbonyl (C=O) groups is 1. The lowest BCUT2D eigenvalue weighted by Gasteiger charge is -2.25. The molecule has 0 saturated heterocycles. The second-order valence-electron chi connectivity index (χ2n) is 10.0. The lowest BCUT2D eigenvalue weighted by Crippen LogP contribution is -2.29. The standard InChI is InChI=1S/C31H37N5O7S/c1-6-11-41-20-14-21(42-13-8-12-40-5)16-22(15-20)43-27-18-26(36(4)19-37)25(35(2)3)17-24(27)34-44-28-10-7-9-23-29(28)33-31(39)30(38)32-23/h7,9-10,14-19,34H,6,8,11-13H2,1-5H3,(H,32,38)(H,33,39). The number of carbonyl (C=O) groups excluding carboxylic acids is 1. The molecule has 0 atom stereocenters. The number of nitrogens with zero attached hydrogens (tertiary/aromatic N) is 2. The largest absolute Gasteiger partial charge is 0.493 e. The van der Waals surface area contributed by atoms with E-state index in [2.05, 4.69) is 14.7 Å². The summed E-state index contributed by atoms with van der Waals surface area (Å²) in [5.74, 6) is 2.07. The van der Waals surface area contributed by atoms with Crippen molar-refractivity contribution in [2.75, 3.05) is 62.6 Å². The number of para-hydroxylation sites is 1. The number of rotatable bonds is 16. The van der Waals surface area contributed by atoms with Gasteiger partial charge < -0.3 is 43.4 Å². The summed E-state index contributed by atoms with van der Waals surface area (Å²) in [6.45, 7) is 3.59. The molecule has 3 aromatic carbocycles. The Balaban J connectivity index is 1.74. The zero-order valence-electron chi connectivity index (χ0n) is 25.4. The topological polar surface area (TPSA) is 138 Å². The maximum atomic E-state index is 12.1. The molecule has 0 spiro atoms. The Morgan fingerprint density at radius 2 is 1.59 bits per heavy atom. The highest BCUT2D eigenvalue weighted by molar-refractivity contribution is 8.00. The van der Waals surface area contributed by atoms with E-state index in [1.165, 1.54) is 16.8 Å². The van der Waals surface area contributed by atoms with Crippen molar-refractivity contribution in [2.45, 2.75) is 24.7 Å². The number of ether oxygens (including phenoxy) is 4. The van der Waals surface area contributed by atoms with Gasteiger partial charge in [-0.25, -0.2) is 0 Å². The number of benzene rings is 3. The maximum absolute atomic E-state index is 12.1. The summed E-state index contributed by atoms with van der Waals surface area (Å²) in [6, 6.07) is 14.3. The van der Waals surface area contributed by atoms with Crippen LogP contribution in [0.3, 0.4) is 0 Å². The van der Waals surface area contributed by atoms with Crippen LogP contribution < -0.4 is 39.9 Å². The number of H-pyrrole nitrogens is 2. The Morgan fingerprint density at radius 3 is 2.27 bits per heavy atom. The summed E-state index contributed by atoms with van der Waals surface area (Å²) >= 11 is 1.23. The van der Waals surface area contributed by atoms with Crippen LogP contribution in [-0.4, -0.2) is 64.5 Å². The van der Waals surface area contributed by atoms with Gasteiger partial charge in [-0.1, -0.05) is 13.0 Å². The minimum atomic E-state index is -0.740. The van der Waals surface area contributed by atoms with Crippen LogP contribution in [0.1, 0.15) is 19.8 Å². The molecular formula is C31H37N5O7S. The molecule has 0 aliphatic rings. The molecule has 1 heterocycles. The van der Waals surface area contributed by atoms with Crippen LogP contribution in [0.15, 0.2) is 63.0 Å². The van der Waals surface area contributed by atoms with E-state index in [0.29, 0.717) is 70.1 Å². The fourth-order valence-corrected chi connectivity index (χ4v) is 5.03. The number of hydrogen-bond acceptors (Lipinski definition) is 10. The van der Waals surface area contributed by atoms with Crippen LogP contribution >= 0.6 is 11.9 Å². The first kappa shape index (κ1) is 32.3. The second-order valence-corrected chi connectivity index (χ2v) is 10.9. The lowest BCUT2D eigenvalue weighted by atomic mass is 10.2. The summed E-state index contributed by atoms with van der Waals surface area (Å²) in [7, 11) is 7.07. The molecule has 1 aromatic heterocycles. The van der Waals surface area contributed by atoms with E-state index in [-0.39, 0.29) is 0 Å². The third-order valence-corrected chi connectivity index (χ3v) is 7.28. The van der Waals surface area contributed by atoms with Crippen molar-refractivity contribution in [3.05, 3.63) is 69.2 Å². The molecule has 1 amide bonds. The van der Waals surface area contributed by atoms with Gasteiger partial charge in [0.2, 0.25) is 6.41 Å². The summed E-state index contributed by atoms with van der Waals surface area (Å²) < 4.78 is 26.8. The van der Waals surface area contributed by atoms with Crippen LogP contribution in [0.2, 0.25) is 0 Å². The van der Waals surface area contributed by atoms with Crippen molar-refractivity contribution in [3.8, 4) is 23.0 Å². The zero-order chi connectivity index (χ0) is 31.6. The molecule has 0 aliphatic heterocycles. The van der Waals surface area contributed by atoms with E-state index >= 15 is 0 Å². The molecule has 0 radical (unpaired) electrons. The predicted octanol–water partition coefficient (Wildman–Crippen LogP) is 4.99. The van der Waals surface area contributed by atoms with E-state index in [0.717, 1.165) is 24.9 Å². The van der Waals surface area contributed by atoms with E-state index in [4.69, 9.17) is 18.9 Å². The monoisotopic (exact) mass is 623 g/mol. The van der Waals surface area contributed by atoms with Gasteiger partial charge in [-0.2, -0.15) is 0 Å². The number of nitrogens with one attached hydrogen (secondary N) is 3. The molecule has 13 heteroatoms. The van der Waals surface area contributed by atoms with Crippen LogP contribution in [-0.2, 0) is 9.53 Å². The summed E-state index contributed by atoms with van der Waals surface area (Å²) in [5.41, 5.74) is 1.49. The molecule has 4 aromatic rings. The van der Waals surface area contributed by atoms with Crippen molar-refractivity contribution < 1.29 is 23.7 Å². The van der Waals surface area contributed by atoms with E-state index < -0.39 is 11.1 Å². The first-order valence-electron chi connectivity index (χ1n) is 14.0. The Morgan fingerprint density at radius 1 is 0.886 bits per heavy atom. The molecule has 0 bridgehead atoms.